The van der Waals surface area contributed by atoms with Gasteiger partial charge in [0.1, 0.15) is 6.04 Å². The first-order chi connectivity index (χ1) is 12.6. The van der Waals surface area contributed by atoms with Gasteiger partial charge in [-0.1, -0.05) is 30.3 Å². The number of alkyl halides is 3. The Kier molecular flexibility index (Phi) is 6.25. The van der Waals surface area contributed by atoms with Gasteiger partial charge >= 0.3 is 12.1 Å². The second-order valence-electron chi connectivity index (χ2n) is 6.17. The summed E-state index contributed by atoms with van der Waals surface area (Å²) in [5.74, 6) is -1.71. The van der Waals surface area contributed by atoms with Crippen LogP contribution in [0.1, 0.15) is 32.6 Å². The van der Waals surface area contributed by atoms with E-state index in [4.69, 9.17) is 4.74 Å². The fourth-order valence-corrected chi connectivity index (χ4v) is 2.87. The Bertz CT molecular complexity index is 826. The van der Waals surface area contributed by atoms with E-state index in [1.165, 1.54) is 12.1 Å². The molecule has 0 bridgehead atoms. The van der Waals surface area contributed by atoms with Crippen molar-refractivity contribution in [3.05, 3.63) is 70.3 Å². The molecule has 0 spiro atoms. The minimum Gasteiger partial charge on any atom is -0.467 e. The molecule has 0 unspecified atom stereocenters. The highest BCUT2D eigenvalue weighted by atomic mass is 19.4. The quantitative estimate of drug-likeness (QED) is 0.804. The van der Waals surface area contributed by atoms with Crippen molar-refractivity contribution in [2.75, 3.05) is 7.11 Å². The predicted octanol–water partition coefficient (Wildman–Crippen LogP) is 3.84. The smallest absolute Gasteiger partial charge is 0.417 e. The lowest BCUT2D eigenvalue weighted by molar-refractivity contribution is -0.142. The van der Waals surface area contributed by atoms with Gasteiger partial charge in [-0.25, -0.2) is 4.79 Å². The Morgan fingerprint density at radius 3 is 2.19 bits per heavy atom. The zero-order chi connectivity index (χ0) is 20.2. The van der Waals surface area contributed by atoms with Gasteiger partial charge in [0.05, 0.1) is 18.2 Å². The fraction of sp³-hybridized carbons (Fsp3) is 0.300. The van der Waals surface area contributed by atoms with Crippen LogP contribution in [0.5, 0.6) is 0 Å². The van der Waals surface area contributed by atoms with Gasteiger partial charge in [-0.2, -0.15) is 13.2 Å². The highest BCUT2D eigenvalue weighted by Crippen LogP contribution is 2.31. The van der Waals surface area contributed by atoms with Crippen LogP contribution in [0.3, 0.4) is 0 Å². The topological polar surface area (TPSA) is 55.4 Å². The summed E-state index contributed by atoms with van der Waals surface area (Å²) in [7, 11) is 1.16. The molecule has 0 aliphatic rings. The summed E-state index contributed by atoms with van der Waals surface area (Å²) in [6, 6.07) is 8.91. The standard InChI is InChI=1S/C20H20F3NO3/c1-12-7-6-8-13(2)15(12)11-17(19(26)27-3)24-18(25)14-9-4-5-10-16(14)20(21,22)23/h4-10,17H,11H2,1-3H3,(H,24,25)/t17-/m1/s1. The van der Waals surface area contributed by atoms with E-state index in [1.54, 1.807) is 0 Å². The molecule has 0 fully saturated rings. The van der Waals surface area contributed by atoms with E-state index in [-0.39, 0.29) is 6.42 Å². The van der Waals surface area contributed by atoms with E-state index in [2.05, 4.69) is 5.32 Å². The molecule has 2 rings (SSSR count). The number of benzene rings is 2. The van der Waals surface area contributed by atoms with Crippen LogP contribution in [-0.4, -0.2) is 25.0 Å². The van der Waals surface area contributed by atoms with E-state index >= 15 is 0 Å². The maximum absolute atomic E-state index is 13.2. The van der Waals surface area contributed by atoms with Gasteiger partial charge in [0, 0.05) is 6.42 Å². The van der Waals surface area contributed by atoms with Gasteiger partial charge in [-0.15, -0.1) is 0 Å². The van der Waals surface area contributed by atoms with E-state index in [0.717, 1.165) is 35.9 Å². The number of hydrogen-bond acceptors (Lipinski definition) is 3. The largest absolute Gasteiger partial charge is 0.467 e. The number of esters is 1. The van der Waals surface area contributed by atoms with E-state index in [9.17, 15) is 22.8 Å². The fourth-order valence-electron chi connectivity index (χ4n) is 2.87. The lowest BCUT2D eigenvalue weighted by atomic mass is 9.96. The molecule has 4 nitrogen and oxygen atoms in total. The summed E-state index contributed by atoms with van der Waals surface area (Å²) in [6.07, 6.45) is -4.56. The molecule has 1 amide bonds. The summed E-state index contributed by atoms with van der Waals surface area (Å²) < 4.78 is 44.2. The normalized spacial score (nSPS) is 12.4. The molecular formula is C20H20F3NO3. The number of ether oxygens (including phenoxy) is 1. The van der Waals surface area contributed by atoms with Crippen LogP contribution in [0.2, 0.25) is 0 Å². The van der Waals surface area contributed by atoms with Crippen molar-refractivity contribution < 1.29 is 27.5 Å². The van der Waals surface area contributed by atoms with Crippen LogP contribution < -0.4 is 5.32 Å². The molecule has 144 valence electrons. The third-order valence-corrected chi connectivity index (χ3v) is 4.32. The van der Waals surface area contributed by atoms with Crippen molar-refractivity contribution in [3.63, 3.8) is 0 Å². The molecule has 2 aromatic rings. The first-order valence-corrected chi connectivity index (χ1v) is 8.25. The summed E-state index contributed by atoms with van der Waals surface area (Å²) in [5, 5.41) is 2.39. The highest BCUT2D eigenvalue weighted by molar-refractivity contribution is 5.98. The maximum Gasteiger partial charge on any atom is 0.417 e. The zero-order valence-corrected chi connectivity index (χ0v) is 15.2. The second-order valence-corrected chi connectivity index (χ2v) is 6.17. The number of carbonyl (C=O) groups excluding carboxylic acids is 2. The molecule has 2 aromatic carbocycles. The molecular weight excluding hydrogens is 359 g/mol. The van der Waals surface area contributed by atoms with Crippen LogP contribution >= 0.6 is 0 Å². The Morgan fingerprint density at radius 2 is 1.63 bits per heavy atom. The summed E-state index contributed by atoms with van der Waals surface area (Å²) >= 11 is 0. The Balaban J connectivity index is 2.33. The average Bonchev–Trinajstić information content (AvgIpc) is 2.62. The number of aryl methyl sites for hydroxylation is 2. The van der Waals surface area contributed by atoms with Crippen molar-refractivity contribution in [2.45, 2.75) is 32.5 Å². The van der Waals surface area contributed by atoms with Gasteiger partial charge in [0.2, 0.25) is 0 Å². The van der Waals surface area contributed by atoms with Gasteiger partial charge in [0.25, 0.3) is 5.91 Å². The molecule has 0 aromatic heterocycles. The number of halogens is 3. The van der Waals surface area contributed by atoms with Crippen molar-refractivity contribution in [1.82, 2.24) is 5.32 Å². The zero-order valence-electron chi connectivity index (χ0n) is 15.2. The van der Waals surface area contributed by atoms with Gasteiger partial charge < -0.3 is 10.1 Å². The van der Waals surface area contributed by atoms with Crippen LogP contribution in [0.15, 0.2) is 42.5 Å². The molecule has 0 saturated carbocycles. The minimum absolute atomic E-state index is 0.116. The Morgan fingerprint density at radius 1 is 1.04 bits per heavy atom. The number of nitrogens with one attached hydrogen (secondary N) is 1. The Labute approximate surface area is 155 Å². The van der Waals surface area contributed by atoms with Crippen molar-refractivity contribution in [2.24, 2.45) is 0 Å². The van der Waals surface area contributed by atoms with Crippen molar-refractivity contribution in [1.29, 1.82) is 0 Å². The maximum atomic E-state index is 13.2. The first-order valence-electron chi connectivity index (χ1n) is 8.25. The van der Waals surface area contributed by atoms with Crippen LogP contribution in [-0.2, 0) is 22.1 Å². The number of amides is 1. The lowest BCUT2D eigenvalue weighted by Crippen LogP contribution is -2.43. The summed E-state index contributed by atoms with van der Waals surface area (Å²) in [5.41, 5.74) is 1.05. The minimum atomic E-state index is -4.68. The molecule has 7 heteroatoms. The monoisotopic (exact) mass is 379 g/mol. The van der Waals surface area contributed by atoms with Gasteiger partial charge in [0.15, 0.2) is 0 Å². The van der Waals surface area contributed by atoms with E-state index in [0.29, 0.717) is 0 Å². The van der Waals surface area contributed by atoms with Crippen molar-refractivity contribution >= 4 is 11.9 Å². The number of methoxy groups -OCH3 is 1. The van der Waals surface area contributed by atoms with Crippen LogP contribution in [0.4, 0.5) is 13.2 Å². The third-order valence-electron chi connectivity index (χ3n) is 4.32. The first kappa shape index (κ1) is 20.5. The second kappa shape index (κ2) is 8.24. The molecule has 0 saturated heterocycles. The molecule has 0 heterocycles. The van der Waals surface area contributed by atoms with E-state index in [1.807, 2.05) is 32.0 Å². The third kappa shape index (κ3) is 4.87. The van der Waals surface area contributed by atoms with Gasteiger partial charge in [-0.05, 0) is 42.7 Å². The molecule has 0 aliphatic carbocycles. The Hall–Kier alpha value is -2.83. The van der Waals surface area contributed by atoms with Crippen LogP contribution in [0.25, 0.3) is 0 Å². The summed E-state index contributed by atoms with van der Waals surface area (Å²) in [4.78, 5) is 24.6. The highest BCUT2D eigenvalue weighted by Gasteiger charge is 2.35. The lowest BCUT2D eigenvalue weighted by Gasteiger charge is -2.20. The molecule has 0 radical (unpaired) electrons. The summed E-state index contributed by atoms with van der Waals surface area (Å²) in [6.45, 7) is 3.72. The van der Waals surface area contributed by atoms with Crippen LogP contribution in [0, 0.1) is 13.8 Å². The van der Waals surface area contributed by atoms with E-state index < -0.39 is 35.2 Å². The number of carbonyl (C=O) groups is 2. The predicted molar refractivity (Wildman–Crippen MR) is 94.3 cm³/mol. The SMILES string of the molecule is COC(=O)[C@@H](Cc1c(C)cccc1C)NC(=O)c1ccccc1C(F)(F)F. The molecule has 27 heavy (non-hydrogen) atoms. The number of hydrogen-bond donors (Lipinski definition) is 1. The molecule has 1 atom stereocenters. The number of rotatable bonds is 5. The van der Waals surface area contributed by atoms with Gasteiger partial charge in [-0.3, -0.25) is 4.79 Å². The van der Waals surface area contributed by atoms with Crippen molar-refractivity contribution in [3.8, 4) is 0 Å². The average molecular weight is 379 g/mol. The molecule has 1 N–H and O–H groups in total. The molecule has 0 aliphatic heterocycles.